The van der Waals surface area contributed by atoms with Gasteiger partial charge in [-0.05, 0) is 24.1 Å². The van der Waals surface area contributed by atoms with Gasteiger partial charge in [0.2, 0.25) is 0 Å². The molecule has 2 aromatic rings. The van der Waals surface area contributed by atoms with Crippen molar-refractivity contribution in [1.29, 1.82) is 0 Å². The molecule has 0 fully saturated rings. The van der Waals surface area contributed by atoms with Crippen LogP contribution in [0.1, 0.15) is 27.8 Å². The van der Waals surface area contributed by atoms with Gasteiger partial charge in [-0.3, -0.25) is 4.79 Å². The Kier molecular flexibility index (Phi) is 4.31. The Morgan fingerprint density at radius 1 is 1.18 bits per heavy atom. The van der Waals surface area contributed by atoms with Crippen LogP contribution in [-0.2, 0) is 6.42 Å². The van der Waals surface area contributed by atoms with Crippen LogP contribution in [0, 0.1) is 0 Å². The Morgan fingerprint density at radius 2 is 1.86 bits per heavy atom. The van der Waals surface area contributed by atoms with Crippen LogP contribution in [0.25, 0.3) is 0 Å². The van der Waals surface area contributed by atoms with Gasteiger partial charge in [-0.25, -0.2) is 0 Å². The molecule has 4 heteroatoms. The zero-order chi connectivity index (χ0) is 19.4. The maximum atomic E-state index is 12.5. The number of hydrogen-bond acceptors (Lipinski definition) is 4. The second-order valence-corrected chi connectivity index (χ2v) is 4.62. The predicted octanol–water partition coefficient (Wildman–Crippen LogP) is 2.23. The lowest BCUT2D eigenvalue weighted by molar-refractivity contribution is 0.0531. The highest BCUT2D eigenvalue weighted by atomic mass is 16.5. The number of Topliss-reactive ketones (excluding diaryl/α,β-unsaturated/α-hetero) is 1. The maximum Gasteiger partial charge on any atom is 0.166 e. The summed E-state index contributed by atoms with van der Waals surface area (Å²) in [4.78, 5) is 12.5. The largest absolute Gasteiger partial charge is 0.490 e. The quantitative estimate of drug-likeness (QED) is 0.734. The van der Waals surface area contributed by atoms with Crippen LogP contribution in [0.3, 0.4) is 0 Å². The first kappa shape index (κ1) is 11.4. The number of rotatable bonds is 8. The van der Waals surface area contributed by atoms with Gasteiger partial charge >= 0.3 is 0 Å². The van der Waals surface area contributed by atoms with Gasteiger partial charge in [-0.2, -0.15) is 0 Å². The van der Waals surface area contributed by atoms with Gasteiger partial charge < -0.3 is 14.9 Å². The van der Waals surface area contributed by atoms with Crippen LogP contribution in [0.5, 0.6) is 5.75 Å². The number of aliphatic hydroxyl groups is 2. The van der Waals surface area contributed by atoms with Gasteiger partial charge in [-0.15, -0.1) is 0 Å². The molecule has 2 unspecified atom stereocenters. The van der Waals surface area contributed by atoms with Crippen molar-refractivity contribution in [1.82, 2.24) is 0 Å². The van der Waals surface area contributed by atoms with E-state index in [2.05, 4.69) is 0 Å². The highest BCUT2D eigenvalue weighted by Gasteiger charge is 2.13. The van der Waals surface area contributed by atoms with Gasteiger partial charge in [0, 0.05) is 6.42 Å². The fourth-order valence-electron chi connectivity index (χ4n) is 1.96. The molecule has 0 aliphatic carbocycles. The fraction of sp³-hybridized carbons (Fsp3) is 0.278. The van der Waals surface area contributed by atoms with Gasteiger partial charge in [0.15, 0.2) is 5.78 Å². The number of carbonyl (C=O) groups is 1. The Hall–Kier alpha value is -2.17. The molecule has 0 aromatic heterocycles. The Labute approximate surface area is 135 Å². The minimum Gasteiger partial charge on any atom is -0.490 e. The summed E-state index contributed by atoms with van der Waals surface area (Å²) >= 11 is 0. The molecule has 0 saturated carbocycles. The van der Waals surface area contributed by atoms with E-state index in [9.17, 15) is 9.90 Å². The number of ketones is 1. The standard InChI is InChI=1S/C18H20O4/c19-12-15(20)13-22-18-9-5-4-8-16(18)17(21)11-10-14-6-2-1-3-7-14/h1-9,15,19-20H,10-13H2/i12D,13D2,15D. The number of aliphatic hydroxyl groups excluding tert-OH is 1. The molecule has 0 bridgehead atoms. The molecular weight excluding hydrogens is 280 g/mol. The van der Waals surface area contributed by atoms with E-state index < -0.39 is 19.2 Å². The number of para-hydroxylation sites is 1. The van der Waals surface area contributed by atoms with Crippen molar-refractivity contribution < 1.29 is 25.2 Å². The molecule has 0 aliphatic heterocycles. The lowest BCUT2D eigenvalue weighted by Gasteiger charge is -2.13. The Morgan fingerprint density at radius 3 is 2.59 bits per heavy atom. The molecule has 0 radical (unpaired) electrons. The monoisotopic (exact) mass is 304 g/mol. The van der Waals surface area contributed by atoms with E-state index in [1.807, 2.05) is 30.3 Å². The van der Waals surface area contributed by atoms with Crippen molar-refractivity contribution in [2.24, 2.45) is 0 Å². The van der Waals surface area contributed by atoms with Crippen molar-refractivity contribution in [3.05, 3.63) is 65.7 Å². The molecule has 22 heavy (non-hydrogen) atoms. The number of carbonyl (C=O) groups excluding carboxylic acids is 1. The topological polar surface area (TPSA) is 66.8 Å². The van der Waals surface area contributed by atoms with E-state index >= 15 is 0 Å². The average Bonchev–Trinajstić information content (AvgIpc) is 2.60. The molecule has 2 rings (SSSR count). The molecule has 0 amide bonds. The van der Waals surface area contributed by atoms with Gasteiger partial charge in [-0.1, -0.05) is 42.5 Å². The summed E-state index contributed by atoms with van der Waals surface area (Å²) in [6, 6.07) is 15.3. The number of hydrogen-bond donors (Lipinski definition) is 2. The zero-order valence-electron chi connectivity index (χ0n) is 15.9. The lowest BCUT2D eigenvalue weighted by Crippen LogP contribution is -2.22. The molecule has 0 saturated heterocycles. The summed E-state index contributed by atoms with van der Waals surface area (Å²) in [5.74, 6) is -0.456. The molecule has 116 valence electrons. The SMILES string of the molecule is [2H]C(O)C([2H])(O)C([2H])([2H])Oc1ccccc1C(=O)CCc1ccccc1. The van der Waals surface area contributed by atoms with Crippen LogP contribution in [-0.4, -0.2) is 35.2 Å². The maximum absolute atomic E-state index is 12.5. The summed E-state index contributed by atoms with van der Waals surface area (Å²) < 4.78 is 34.9. The molecule has 0 aliphatic rings. The third-order valence-corrected chi connectivity index (χ3v) is 3.06. The van der Waals surface area contributed by atoms with Gasteiger partial charge in [0.1, 0.15) is 18.4 Å². The van der Waals surface area contributed by atoms with Crippen molar-refractivity contribution >= 4 is 5.78 Å². The fourth-order valence-corrected chi connectivity index (χ4v) is 1.96. The van der Waals surface area contributed by atoms with E-state index in [1.54, 1.807) is 6.07 Å². The highest BCUT2D eigenvalue weighted by Crippen LogP contribution is 2.20. The third kappa shape index (κ3) is 4.69. The first-order valence-electron chi connectivity index (χ1n) is 8.91. The van der Waals surface area contributed by atoms with Crippen molar-refractivity contribution in [3.8, 4) is 5.75 Å². The lowest BCUT2D eigenvalue weighted by atomic mass is 10.0. The zero-order valence-corrected chi connectivity index (χ0v) is 11.9. The molecule has 2 aromatic carbocycles. The first-order chi connectivity index (χ1) is 12.1. The highest BCUT2D eigenvalue weighted by molar-refractivity contribution is 5.98. The van der Waals surface area contributed by atoms with E-state index in [0.29, 0.717) is 6.42 Å². The van der Waals surface area contributed by atoms with Crippen LogP contribution in [0.4, 0.5) is 0 Å². The molecule has 0 heterocycles. The summed E-state index contributed by atoms with van der Waals surface area (Å²) in [5.41, 5.74) is 1.08. The summed E-state index contributed by atoms with van der Waals surface area (Å²) in [7, 11) is 0. The average molecular weight is 304 g/mol. The van der Waals surface area contributed by atoms with Crippen LogP contribution in [0.2, 0.25) is 0 Å². The van der Waals surface area contributed by atoms with E-state index in [1.165, 1.54) is 18.2 Å². The second kappa shape index (κ2) is 8.32. The van der Waals surface area contributed by atoms with Crippen molar-refractivity contribution in [2.75, 3.05) is 13.1 Å². The van der Waals surface area contributed by atoms with Crippen LogP contribution >= 0.6 is 0 Å². The molecule has 2 N–H and O–H groups in total. The van der Waals surface area contributed by atoms with Gasteiger partial charge in [0.25, 0.3) is 0 Å². The van der Waals surface area contributed by atoms with E-state index in [4.69, 9.17) is 15.3 Å². The predicted molar refractivity (Wildman–Crippen MR) is 84.1 cm³/mol. The van der Waals surface area contributed by atoms with E-state index in [-0.39, 0.29) is 23.5 Å². The second-order valence-electron chi connectivity index (χ2n) is 4.62. The summed E-state index contributed by atoms with van der Waals surface area (Å²) in [6.45, 7) is -5.55. The van der Waals surface area contributed by atoms with Crippen LogP contribution < -0.4 is 4.74 Å². The number of aryl methyl sites for hydroxylation is 1. The Balaban J connectivity index is 2.18. The molecule has 4 nitrogen and oxygen atoms in total. The molecule has 0 spiro atoms. The normalized spacial score (nSPS) is 18.1. The molecule has 2 atom stereocenters. The van der Waals surface area contributed by atoms with E-state index in [0.717, 1.165) is 5.56 Å². The Bertz CT molecular complexity index is 748. The van der Waals surface area contributed by atoms with Gasteiger partial charge in [0.05, 0.1) is 17.6 Å². The van der Waals surface area contributed by atoms with Crippen molar-refractivity contribution in [3.63, 3.8) is 0 Å². The third-order valence-electron chi connectivity index (χ3n) is 3.06. The van der Waals surface area contributed by atoms with Crippen LogP contribution in [0.15, 0.2) is 54.6 Å². The van der Waals surface area contributed by atoms with Crippen molar-refractivity contribution in [2.45, 2.75) is 18.9 Å². The number of benzene rings is 2. The summed E-state index contributed by atoms with van der Waals surface area (Å²) in [5, 5.41) is 18.8. The summed E-state index contributed by atoms with van der Waals surface area (Å²) in [6.07, 6.45) is -2.57. The minimum absolute atomic E-state index is 0.0996. The molecular formula is C18H20O4. The smallest absolute Gasteiger partial charge is 0.166 e. The minimum atomic E-state index is -3.23. The first-order valence-corrected chi connectivity index (χ1v) is 6.83. The number of ether oxygens (including phenoxy) is 1.